The highest BCUT2D eigenvalue weighted by molar-refractivity contribution is 5.94. The van der Waals surface area contributed by atoms with Gasteiger partial charge in [0.1, 0.15) is 17.9 Å². The third kappa shape index (κ3) is 3.41. The monoisotopic (exact) mass is 301 g/mol. The van der Waals surface area contributed by atoms with E-state index in [1.807, 2.05) is 0 Å². The minimum Gasteiger partial charge on any atom is -0.497 e. The Morgan fingerprint density at radius 1 is 1.23 bits per heavy atom. The Morgan fingerprint density at radius 2 is 1.95 bits per heavy atom. The molecule has 6 nitrogen and oxygen atoms in total. The number of hydrogen-bond acceptors (Lipinski definition) is 5. The average molecular weight is 301 g/mol. The lowest BCUT2D eigenvalue weighted by Gasteiger charge is -2.08. The molecule has 0 N–H and O–H groups in total. The molecule has 0 amide bonds. The summed E-state index contributed by atoms with van der Waals surface area (Å²) in [6.45, 7) is 1.60. The Balaban J connectivity index is 2.16. The molecule has 0 aromatic heterocycles. The lowest BCUT2D eigenvalue weighted by atomic mass is 10.1. The first kappa shape index (κ1) is 15.5. The Kier molecular flexibility index (Phi) is 4.73. The molecule has 22 heavy (non-hydrogen) atoms. The van der Waals surface area contributed by atoms with E-state index in [0.29, 0.717) is 11.3 Å². The molecule has 0 spiro atoms. The summed E-state index contributed by atoms with van der Waals surface area (Å²) in [5, 5.41) is 11.1. The van der Waals surface area contributed by atoms with E-state index in [2.05, 4.69) is 0 Å². The summed E-state index contributed by atoms with van der Waals surface area (Å²) in [5.41, 5.74) is 0.884. The van der Waals surface area contributed by atoms with Gasteiger partial charge in [0.2, 0.25) is 0 Å². The number of nitro benzene ring substituents is 1. The van der Waals surface area contributed by atoms with Crippen LogP contribution in [0.15, 0.2) is 42.5 Å². The van der Waals surface area contributed by atoms with Crippen molar-refractivity contribution in [3.8, 4) is 5.75 Å². The zero-order chi connectivity index (χ0) is 16.1. The van der Waals surface area contributed by atoms with E-state index in [-0.39, 0.29) is 17.9 Å². The molecular formula is C16H15NO5. The third-order valence-electron chi connectivity index (χ3n) is 3.14. The minimum atomic E-state index is -0.724. The van der Waals surface area contributed by atoms with Crippen LogP contribution in [0.25, 0.3) is 0 Å². The van der Waals surface area contributed by atoms with Crippen LogP contribution in [0.3, 0.4) is 0 Å². The fourth-order valence-corrected chi connectivity index (χ4v) is 2.05. The van der Waals surface area contributed by atoms with Crippen LogP contribution in [-0.2, 0) is 11.3 Å². The molecule has 0 unspecified atom stereocenters. The highest BCUT2D eigenvalue weighted by Gasteiger charge is 2.23. The number of nitro groups is 1. The first-order chi connectivity index (χ1) is 10.5. The van der Waals surface area contributed by atoms with Crippen molar-refractivity contribution < 1.29 is 19.2 Å². The van der Waals surface area contributed by atoms with E-state index in [9.17, 15) is 14.9 Å². The summed E-state index contributed by atoms with van der Waals surface area (Å²) >= 11 is 0. The Hall–Kier alpha value is -2.89. The third-order valence-corrected chi connectivity index (χ3v) is 3.14. The SMILES string of the molecule is COc1cccc(COC(=O)c2cccc(C)c2[N+](=O)[O-])c1. The van der Waals surface area contributed by atoms with Crippen LogP contribution in [0.5, 0.6) is 5.75 Å². The molecule has 2 aromatic rings. The highest BCUT2D eigenvalue weighted by atomic mass is 16.6. The molecule has 2 rings (SSSR count). The Labute approximate surface area is 127 Å². The van der Waals surface area contributed by atoms with Gasteiger partial charge in [-0.3, -0.25) is 10.1 Å². The molecule has 0 aliphatic carbocycles. The number of benzene rings is 2. The number of methoxy groups -OCH3 is 1. The van der Waals surface area contributed by atoms with Crippen molar-refractivity contribution in [2.75, 3.05) is 7.11 Å². The van der Waals surface area contributed by atoms with Crippen molar-refractivity contribution in [3.05, 3.63) is 69.3 Å². The van der Waals surface area contributed by atoms with Crippen LogP contribution in [0.1, 0.15) is 21.5 Å². The second-order valence-electron chi connectivity index (χ2n) is 4.66. The van der Waals surface area contributed by atoms with Gasteiger partial charge in [-0.05, 0) is 30.7 Å². The summed E-state index contributed by atoms with van der Waals surface area (Å²) in [7, 11) is 1.54. The van der Waals surface area contributed by atoms with Crippen LogP contribution >= 0.6 is 0 Å². The number of hydrogen-bond donors (Lipinski definition) is 0. The van der Waals surface area contributed by atoms with Crippen LogP contribution < -0.4 is 4.74 Å². The molecule has 6 heteroatoms. The fourth-order valence-electron chi connectivity index (χ4n) is 2.05. The van der Waals surface area contributed by atoms with E-state index in [4.69, 9.17) is 9.47 Å². The second-order valence-corrected chi connectivity index (χ2v) is 4.66. The molecule has 0 saturated carbocycles. The maximum absolute atomic E-state index is 12.1. The lowest BCUT2D eigenvalue weighted by Crippen LogP contribution is -2.09. The Bertz CT molecular complexity index is 711. The van der Waals surface area contributed by atoms with Gasteiger partial charge in [0.25, 0.3) is 5.69 Å². The van der Waals surface area contributed by atoms with E-state index in [1.165, 1.54) is 6.07 Å². The van der Waals surface area contributed by atoms with E-state index >= 15 is 0 Å². The van der Waals surface area contributed by atoms with Crippen molar-refractivity contribution in [2.45, 2.75) is 13.5 Å². The summed E-state index contributed by atoms with van der Waals surface area (Å²) in [6, 6.07) is 11.6. The van der Waals surface area contributed by atoms with Crippen molar-refractivity contribution >= 4 is 11.7 Å². The Morgan fingerprint density at radius 3 is 2.64 bits per heavy atom. The molecule has 0 aliphatic heterocycles. The maximum Gasteiger partial charge on any atom is 0.345 e. The number of carbonyl (C=O) groups excluding carboxylic acids is 1. The van der Waals surface area contributed by atoms with Gasteiger partial charge >= 0.3 is 5.97 Å². The van der Waals surface area contributed by atoms with E-state index in [0.717, 1.165) is 5.56 Å². The molecular weight excluding hydrogens is 286 g/mol. The van der Waals surface area contributed by atoms with Crippen molar-refractivity contribution in [1.82, 2.24) is 0 Å². The quantitative estimate of drug-likeness (QED) is 0.481. The normalized spacial score (nSPS) is 10.1. The highest BCUT2D eigenvalue weighted by Crippen LogP contribution is 2.24. The molecule has 0 bridgehead atoms. The van der Waals surface area contributed by atoms with Crippen molar-refractivity contribution in [2.24, 2.45) is 0 Å². The van der Waals surface area contributed by atoms with E-state index < -0.39 is 10.9 Å². The molecule has 0 fully saturated rings. The first-order valence-electron chi connectivity index (χ1n) is 6.57. The molecule has 0 saturated heterocycles. The summed E-state index contributed by atoms with van der Waals surface area (Å²) < 4.78 is 10.2. The van der Waals surface area contributed by atoms with Gasteiger partial charge in [-0.1, -0.05) is 24.3 Å². The zero-order valence-electron chi connectivity index (χ0n) is 12.2. The predicted octanol–water partition coefficient (Wildman–Crippen LogP) is 3.27. The zero-order valence-corrected chi connectivity index (χ0v) is 12.2. The lowest BCUT2D eigenvalue weighted by molar-refractivity contribution is -0.385. The number of carbonyl (C=O) groups is 1. The largest absolute Gasteiger partial charge is 0.497 e. The fraction of sp³-hybridized carbons (Fsp3) is 0.188. The summed E-state index contributed by atoms with van der Waals surface area (Å²) in [5.74, 6) is -0.0756. The number of rotatable bonds is 5. The molecule has 0 atom stereocenters. The van der Waals surface area contributed by atoms with Gasteiger partial charge in [-0.25, -0.2) is 4.79 Å². The average Bonchev–Trinajstić information content (AvgIpc) is 2.52. The summed E-state index contributed by atoms with van der Waals surface area (Å²) in [6.07, 6.45) is 0. The number of aryl methyl sites for hydroxylation is 1. The number of ether oxygens (including phenoxy) is 2. The van der Waals surface area contributed by atoms with Crippen molar-refractivity contribution in [3.63, 3.8) is 0 Å². The summed E-state index contributed by atoms with van der Waals surface area (Å²) in [4.78, 5) is 22.6. The number of para-hydroxylation sites is 1. The smallest absolute Gasteiger partial charge is 0.345 e. The molecule has 0 aliphatic rings. The topological polar surface area (TPSA) is 78.7 Å². The van der Waals surface area contributed by atoms with Crippen LogP contribution in [0.2, 0.25) is 0 Å². The standard InChI is InChI=1S/C16H15NO5/c1-11-5-3-8-14(15(11)17(19)20)16(18)22-10-12-6-4-7-13(9-12)21-2/h3-9H,10H2,1-2H3. The van der Waals surface area contributed by atoms with Gasteiger partial charge in [-0.2, -0.15) is 0 Å². The second kappa shape index (κ2) is 6.71. The van der Waals surface area contributed by atoms with Gasteiger partial charge in [0.15, 0.2) is 0 Å². The first-order valence-corrected chi connectivity index (χ1v) is 6.57. The molecule has 114 valence electrons. The van der Waals surface area contributed by atoms with Gasteiger partial charge in [0.05, 0.1) is 12.0 Å². The van der Waals surface area contributed by atoms with Crippen molar-refractivity contribution in [1.29, 1.82) is 0 Å². The number of nitrogens with zero attached hydrogens (tertiary/aromatic N) is 1. The van der Waals surface area contributed by atoms with Gasteiger partial charge in [-0.15, -0.1) is 0 Å². The van der Waals surface area contributed by atoms with E-state index in [1.54, 1.807) is 50.4 Å². The molecule has 0 heterocycles. The number of esters is 1. The molecule has 2 aromatic carbocycles. The van der Waals surface area contributed by atoms with Crippen LogP contribution in [-0.4, -0.2) is 18.0 Å². The molecule has 0 radical (unpaired) electrons. The predicted molar refractivity (Wildman–Crippen MR) is 79.9 cm³/mol. The van der Waals surface area contributed by atoms with Gasteiger partial charge < -0.3 is 9.47 Å². The minimum absolute atomic E-state index is 0.0150. The van der Waals surface area contributed by atoms with Crippen LogP contribution in [0.4, 0.5) is 5.69 Å². The maximum atomic E-state index is 12.1. The van der Waals surface area contributed by atoms with Gasteiger partial charge in [0, 0.05) is 5.56 Å². The van der Waals surface area contributed by atoms with Crippen LogP contribution in [0, 0.1) is 17.0 Å².